The van der Waals surface area contributed by atoms with Gasteiger partial charge in [-0.05, 0) is 39.8 Å². The Morgan fingerprint density at radius 3 is 2.58 bits per heavy atom. The predicted octanol–water partition coefficient (Wildman–Crippen LogP) is 3.77. The summed E-state index contributed by atoms with van der Waals surface area (Å²) in [4.78, 5) is 20.8. The maximum absolute atomic E-state index is 12.2. The van der Waals surface area contributed by atoms with Crippen LogP contribution in [0.1, 0.15) is 27.7 Å². The number of ether oxygens (including phenoxy) is 1. The smallest absolute Gasteiger partial charge is 0.313 e. The van der Waals surface area contributed by atoms with Crippen molar-refractivity contribution in [2.45, 2.75) is 33.2 Å². The van der Waals surface area contributed by atoms with Crippen LogP contribution in [0.5, 0.6) is 0 Å². The molecule has 126 valence electrons. The van der Waals surface area contributed by atoms with Crippen molar-refractivity contribution in [1.29, 1.82) is 0 Å². The Morgan fingerprint density at radius 1 is 1.17 bits per heavy atom. The van der Waals surface area contributed by atoms with E-state index in [0.29, 0.717) is 11.4 Å². The van der Waals surface area contributed by atoms with Crippen LogP contribution in [0.2, 0.25) is 0 Å². The van der Waals surface area contributed by atoms with Crippen LogP contribution in [-0.2, 0) is 9.53 Å². The third kappa shape index (κ3) is 2.38. The average Bonchev–Trinajstić information content (AvgIpc) is 2.93. The first kappa shape index (κ1) is 16.2. The van der Waals surface area contributed by atoms with Gasteiger partial charge in [-0.15, -0.1) is 0 Å². The van der Waals surface area contributed by atoms with E-state index >= 15 is 0 Å². The van der Waals surface area contributed by atoms with Crippen LogP contribution in [0.25, 0.3) is 22.1 Å². The number of hydrogen-bond acceptors (Lipinski definition) is 6. The Kier molecular flexibility index (Phi) is 3.70. The van der Waals surface area contributed by atoms with Crippen LogP contribution in [-0.4, -0.2) is 28.6 Å². The molecular formula is C18H21N3O3. The van der Waals surface area contributed by atoms with Gasteiger partial charge >= 0.3 is 5.97 Å². The van der Waals surface area contributed by atoms with Crippen molar-refractivity contribution >= 4 is 33.9 Å². The fourth-order valence-corrected chi connectivity index (χ4v) is 2.58. The molecule has 6 heteroatoms. The minimum absolute atomic E-state index is 0.296. The Hall–Kier alpha value is -2.63. The quantitative estimate of drug-likeness (QED) is 0.735. The van der Waals surface area contributed by atoms with E-state index in [1.807, 2.05) is 52.0 Å². The maximum atomic E-state index is 12.2. The zero-order valence-corrected chi connectivity index (χ0v) is 14.5. The van der Waals surface area contributed by atoms with Crippen LogP contribution in [0.3, 0.4) is 0 Å². The van der Waals surface area contributed by atoms with Gasteiger partial charge < -0.3 is 14.5 Å². The average molecular weight is 327 g/mol. The second-order valence-corrected chi connectivity index (χ2v) is 6.86. The van der Waals surface area contributed by atoms with Crippen molar-refractivity contribution in [2.24, 2.45) is 5.41 Å². The monoisotopic (exact) mass is 327 g/mol. The lowest BCUT2D eigenvalue weighted by atomic mass is 9.74. The highest BCUT2D eigenvalue weighted by Gasteiger charge is 2.45. The van der Waals surface area contributed by atoms with Crippen LogP contribution >= 0.6 is 0 Å². The molecule has 0 aliphatic rings. The fourth-order valence-electron chi connectivity index (χ4n) is 2.58. The van der Waals surface area contributed by atoms with Gasteiger partial charge in [-0.1, -0.05) is 12.1 Å². The second kappa shape index (κ2) is 5.47. The van der Waals surface area contributed by atoms with E-state index in [-0.39, 0.29) is 5.97 Å². The van der Waals surface area contributed by atoms with Crippen LogP contribution in [0.4, 0.5) is 5.82 Å². The zero-order chi connectivity index (χ0) is 17.5. The van der Waals surface area contributed by atoms with Gasteiger partial charge in [-0.25, -0.2) is 9.97 Å². The summed E-state index contributed by atoms with van der Waals surface area (Å²) in [5.41, 5.74) is 0.675. The summed E-state index contributed by atoms with van der Waals surface area (Å²) in [5.74, 6) is 0.257. The standard InChI is InChI=1S/C18H21N3O3/c1-17(2,16(22)23-5)18(3,4)21-15-14-13(19-10-20-15)11-8-6-7-9-12(11)24-14/h6-10H,1-5H3,(H,19,20,21). The second-order valence-electron chi connectivity index (χ2n) is 6.86. The highest BCUT2D eigenvalue weighted by Crippen LogP contribution is 2.37. The summed E-state index contributed by atoms with van der Waals surface area (Å²) in [6.45, 7) is 7.53. The Morgan fingerprint density at radius 2 is 1.88 bits per heavy atom. The number of furan rings is 1. The van der Waals surface area contributed by atoms with E-state index in [2.05, 4.69) is 15.3 Å². The summed E-state index contributed by atoms with van der Waals surface area (Å²) in [7, 11) is 1.39. The summed E-state index contributed by atoms with van der Waals surface area (Å²) >= 11 is 0. The highest BCUT2D eigenvalue weighted by atomic mass is 16.5. The van der Waals surface area contributed by atoms with Gasteiger partial charge in [0.2, 0.25) is 0 Å². The van der Waals surface area contributed by atoms with Crippen molar-refractivity contribution in [3.63, 3.8) is 0 Å². The van der Waals surface area contributed by atoms with Gasteiger partial charge in [-0.2, -0.15) is 0 Å². The van der Waals surface area contributed by atoms with E-state index in [4.69, 9.17) is 9.15 Å². The summed E-state index contributed by atoms with van der Waals surface area (Å²) in [6, 6.07) is 7.71. The van der Waals surface area contributed by atoms with E-state index < -0.39 is 11.0 Å². The molecule has 1 N–H and O–H groups in total. The molecule has 2 heterocycles. The number of nitrogens with zero attached hydrogens (tertiary/aromatic N) is 2. The molecular weight excluding hydrogens is 306 g/mol. The van der Waals surface area contributed by atoms with Crippen molar-refractivity contribution in [2.75, 3.05) is 12.4 Å². The first-order chi connectivity index (χ1) is 11.3. The SMILES string of the molecule is COC(=O)C(C)(C)C(C)(C)Nc1ncnc2c1oc1ccccc12. The molecule has 6 nitrogen and oxygen atoms in total. The fraction of sp³-hybridized carbons (Fsp3) is 0.389. The molecule has 0 radical (unpaired) electrons. The lowest BCUT2D eigenvalue weighted by molar-refractivity contribution is -0.153. The molecule has 0 aliphatic heterocycles. The molecule has 0 saturated heterocycles. The molecule has 0 aliphatic carbocycles. The summed E-state index contributed by atoms with van der Waals surface area (Å²) < 4.78 is 10.9. The minimum Gasteiger partial charge on any atom is -0.469 e. The number of hydrogen-bond donors (Lipinski definition) is 1. The van der Waals surface area contributed by atoms with Gasteiger partial charge in [0.15, 0.2) is 11.4 Å². The van der Waals surface area contributed by atoms with E-state index in [1.54, 1.807) is 0 Å². The molecule has 0 bridgehead atoms. The Labute approximate surface area is 140 Å². The topological polar surface area (TPSA) is 77.2 Å². The largest absolute Gasteiger partial charge is 0.469 e. The van der Waals surface area contributed by atoms with Crippen LogP contribution < -0.4 is 5.32 Å². The lowest BCUT2D eigenvalue weighted by Gasteiger charge is -2.39. The number of anilines is 1. The normalized spacial score (nSPS) is 12.5. The number of rotatable bonds is 4. The Balaban J connectivity index is 2.08. The number of esters is 1. The minimum atomic E-state index is -0.773. The van der Waals surface area contributed by atoms with Crippen molar-refractivity contribution in [3.8, 4) is 0 Å². The molecule has 24 heavy (non-hydrogen) atoms. The maximum Gasteiger partial charge on any atom is 0.313 e. The number of methoxy groups -OCH3 is 1. The molecule has 3 aromatic rings. The molecule has 0 amide bonds. The first-order valence-electron chi connectivity index (χ1n) is 7.77. The highest BCUT2D eigenvalue weighted by molar-refractivity contribution is 6.05. The molecule has 0 unspecified atom stereocenters. The van der Waals surface area contributed by atoms with Crippen molar-refractivity contribution in [1.82, 2.24) is 9.97 Å². The lowest BCUT2D eigenvalue weighted by Crippen LogP contribution is -2.51. The van der Waals surface area contributed by atoms with Crippen molar-refractivity contribution in [3.05, 3.63) is 30.6 Å². The predicted molar refractivity (Wildman–Crippen MR) is 92.8 cm³/mol. The molecule has 1 aromatic carbocycles. The van der Waals surface area contributed by atoms with Gasteiger partial charge in [-0.3, -0.25) is 4.79 Å². The van der Waals surface area contributed by atoms with E-state index in [0.717, 1.165) is 16.5 Å². The van der Waals surface area contributed by atoms with Gasteiger partial charge in [0, 0.05) is 10.9 Å². The summed E-state index contributed by atoms with van der Waals surface area (Å²) in [6.07, 6.45) is 1.49. The molecule has 0 atom stereocenters. The third-order valence-electron chi connectivity index (χ3n) is 4.85. The number of carbonyl (C=O) groups excluding carboxylic acids is 1. The molecule has 3 rings (SSSR count). The molecule has 2 aromatic heterocycles. The number of aromatic nitrogens is 2. The third-order valence-corrected chi connectivity index (χ3v) is 4.85. The zero-order valence-electron chi connectivity index (χ0n) is 14.5. The first-order valence-corrected chi connectivity index (χ1v) is 7.77. The van der Waals surface area contributed by atoms with Crippen LogP contribution in [0, 0.1) is 5.41 Å². The number of carbonyl (C=O) groups is 1. The van der Waals surface area contributed by atoms with Gasteiger partial charge in [0.05, 0.1) is 12.5 Å². The number of para-hydroxylation sites is 1. The van der Waals surface area contributed by atoms with E-state index in [1.165, 1.54) is 13.4 Å². The Bertz CT molecular complexity index is 912. The number of benzene rings is 1. The number of fused-ring (bicyclic) bond motifs is 3. The van der Waals surface area contributed by atoms with E-state index in [9.17, 15) is 4.79 Å². The summed E-state index contributed by atoms with van der Waals surface area (Å²) in [5, 5.41) is 4.27. The number of nitrogens with one attached hydrogen (secondary N) is 1. The molecule has 0 fully saturated rings. The van der Waals surface area contributed by atoms with Crippen LogP contribution in [0.15, 0.2) is 35.0 Å². The van der Waals surface area contributed by atoms with Gasteiger partial charge in [0.1, 0.15) is 17.4 Å². The molecule has 0 saturated carbocycles. The molecule has 0 spiro atoms. The van der Waals surface area contributed by atoms with Crippen molar-refractivity contribution < 1.29 is 13.9 Å². The van der Waals surface area contributed by atoms with Gasteiger partial charge in [0.25, 0.3) is 0 Å².